The van der Waals surface area contributed by atoms with Crippen LogP contribution in [0.3, 0.4) is 0 Å². The van der Waals surface area contributed by atoms with Crippen LogP contribution in [0.1, 0.15) is 29.5 Å². The zero-order valence-corrected chi connectivity index (χ0v) is 18.2. The van der Waals surface area contributed by atoms with Crippen LogP contribution in [-0.4, -0.2) is 37.2 Å². The van der Waals surface area contributed by atoms with Crippen LogP contribution in [0.5, 0.6) is 5.75 Å². The molecule has 0 aliphatic carbocycles. The van der Waals surface area contributed by atoms with Crippen molar-refractivity contribution < 1.29 is 45.4 Å². The Balaban J connectivity index is 1.36. The van der Waals surface area contributed by atoms with Gasteiger partial charge in [-0.05, 0) is 54.8 Å². The minimum Gasteiger partial charge on any atom is -0.484 e. The second-order valence-electron chi connectivity index (χ2n) is 7.89. The SMILES string of the molecule is O=C(COc1ccc(C(F)(F)F)cc1)N[C@@H]1CC[C@@H](C(=O)NCc2ccc(C(F)(F)F)cc2)OC1. The molecule has 0 unspecified atom stereocenters. The molecule has 12 heteroatoms. The molecular weight excluding hydrogens is 482 g/mol. The topological polar surface area (TPSA) is 76.7 Å². The van der Waals surface area contributed by atoms with Gasteiger partial charge in [-0.1, -0.05) is 12.1 Å². The molecule has 190 valence electrons. The number of amides is 2. The van der Waals surface area contributed by atoms with Crippen molar-refractivity contribution in [3.05, 3.63) is 65.2 Å². The van der Waals surface area contributed by atoms with Gasteiger partial charge in [0.25, 0.3) is 5.91 Å². The molecule has 0 spiro atoms. The first kappa shape index (κ1) is 26.3. The zero-order chi connectivity index (χ0) is 25.6. The third kappa shape index (κ3) is 7.88. The summed E-state index contributed by atoms with van der Waals surface area (Å²) in [6.45, 7) is -0.304. The fourth-order valence-corrected chi connectivity index (χ4v) is 3.35. The van der Waals surface area contributed by atoms with Crippen molar-refractivity contribution in [3.8, 4) is 5.75 Å². The molecule has 6 nitrogen and oxygen atoms in total. The van der Waals surface area contributed by atoms with Gasteiger partial charge in [0.05, 0.1) is 23.8 Å². The molecule has 1 saturated heterocycles. The highest BCUT2D eigenvalue weighted by atomic mass is 19.4. The summed E-state index contributed by atoms with van der Waals surface area (Å²) in [5.41, 5.74) is -1.10. The van der Waals surface area contributed by atoms with Crippen LogP contribution in [0.2, 0.25) is 0 Å². The Morgan fingerprint density at radius 1 is 0.886 bits per heavy atom. The first-order chi connectivity index (χ1) is 16.4. The molecule has 2 aromatic carbocycles. The molecule has 1 heterocycles. The maximum atomic E-state index is 12.6. The van der Waals surface area contributed by atoms with Crippen molar-refractivity contribution in [2.75, 3.05) is 13.2 Å². The van der Waals surface area contributed by atoms with Crippen LogP contribution in [0.4, 0.5) is 26.3 Å². The molecule has 1 fully saturated rings. The van der Waals surface area contributed by atoms with E-state index in [1.165, 1.54) is 12.1 Å². The van der Waals surface area contributed by atoms with Crippen LogP contribution in [-0.2, 0) is 33.2 Å². The summed E-state index contributed by atoms with van der Waals surface area (Å²) < 4.78 is 86.2. The number of halogens is 6. The normalized spacial score (nSPS) is 18.6. The van der Waals surface area contributed by atoms with Gasteiger partial charge in [-0.25, -0.2) is 0 Å². The summed E-state index contributed by atoms with van der Waals surface area (Å²) in [6.07, 6.45) is -8.92. The van der Waals surface area contributed by atoms with Crippen LogP contribution < -0.4 is 15.4 Å². The van der Waals surface area contributed by atoms with Gasteiger partial charge in [0.2, 0.25) is 5.91 Å². The fourth-order valence-electron chi connectivity index (χ4n) is 3.35. The smallest absolute Gasteiger partial charge is 0.416 e. The Hall–Kier alpha value is -3.28. The van der Waals surface area contributed by atoms with Crippen molar-refractivity contribution in [2.45, 2.75) is 43.9 Å². The Morgan fingerprint density at radius 2 is 1.46 bits per heavy atom. The number of hydrogen-bond donors (Lipinski definition) is 2. The van der Waals surface area contributed by atoms with Gasteiger partial charge in [-0.15, -0.1) is 0 Å². The lowest BCUT2D eigenvalue weighted by molar-refractivity contribution is -0.138. The average Bonchev–Trinajstić information content (AvgIpc) is 2.81. The first-order valence-electron chi connectivity index (χ1n) is 10.6. The van der Waals surface area contributed by atoms with Crippen molar-refractivity contribution in [1.29, 1.82) is 0 Å². The standard InChI is InChI=1S/C23H22F6N2O4/c24-22(25,26)15-3-1-14(2-4-15)11-30-21(33)19-10-7-17(12-35-19)31-20(32)13-34-18-8-5-16(6-9-18)23(27,28)29/h1-6,8-9,17,19H,7,10-13H2,(H,30,33)(H,31,32)/t17-,19+/m1/s1. The zero-order valence-electron chi connectivity index (χ0n) is 18.2. The van der Waals surface area contributed by atoms with E-state index in [0.29, 0.717) is 18.4 Å². The Labute approximate surface area is 196 Å². The molecule has 2 amide bonds. The maximum absolute atomic E-state index is 12.6. The van der Waals surface area contributed by atoms with Gasteiger partial charge < -0.3 is 20.1 Å². The summed E-state index contributed by atoms with van der Waals surface area (Å²) in [5.74, 6) is -0.804. The van der Waals surface area contributed by atoms with Crippen LogP contribution in [0, 0.1) is 0 Å². The molecule has 0 radical (unpaired) electrons. The first-order valence-corrected chi connectivity index (χ1v) is 10.6. The number of benzene rings is 2. The predicted octanol–water partition coefficient (Wildman–Crippen LogP) is 4.08. The summed E-state index contributed by atoms with van der Waals surface area (Å²) in [5, 5.41) is 5.28. The molecule has 2 N–H and O–H groups in total. The molecule has 2 atom stereocenters. The molecule has 0 bridgehead atoms. The monoisotopic (exact) mass is 504 g/mol. The van der Waals surface area contributed by atoms with E-state index < -0.39 is 48.0 Å². The summed E-state index contributed by atoms with van der Waals surface area (Å²) in [4.78, 5) is 24.3. The van der Waals surface area contributed by atoms with E-state index in [1.54, 1.807) is 0 Å². The van der Waals surface area contributed by atoms with Gasteiger partial charge in [0.1, 0.15) is 11.9 Å². The van der Waals surface area contributed by atoms with Crippen LogP contribution in [0.25, 0.3) is 0 Å². The van der Waals surface area contributed by atoms with Gasteiger partial charge in [0.15, 0.2) is 6.61 Å². The van der Waals surface area contributed by atoms with E-state index in [0.717, 1.165) is 36.4 Å². The van der Waals surface area contributed by atoms with Gasteiger partial charge in [-0.2, -0.15) is 26.3 Å². The molecule has 0 saturated carbocycles. The quantitative estimate of drug-likeness (QED) is 0.558. The number of carbonyl (C=O) groups excluding carboxylic acids is 2. The minimum absolute atomic E-state index is 0.0400. The second kappa shape index (κ2) is 11.0. The number of carbonyl (C=O) groups is 2. The maximum Gasteiger partial charge on any atom is 0.416 e. The lowest BCUT2D eigenvalue weighted by atomic mass is 10.0. The molecule has 0 aromatic heterocycles. The highest BCUT2D eigenvalue weighted by molar-refractivity contribution is 5.81. The van der Waals surface area contributed by atoms with E-state index in [9.17, 15) is 35.9 Å². The molecule has 3 rings (SSSR count). The van der Waals surface area contributed by atoms with Gasteiger partial charge >= 0.3 is 12.4 Å². The molecule has 1 aliphatic rings. The summed E-state index contributed by atoms with van der Waals surface area (Å²) in [6, 6.07) is 8.00. The average molecular weight is 504 g/mol. The highest BCUT2D eigenvalue weighted by Gasteiger charge is 2.31. The predicted molar refractivity (Wildman–Crippen MR) is 111 cm³/mol. The fraction of sp³-hybridized carbons (Fsp3) is 0.391. The van der Waals surface area contributed by atoms with E-state index in [1.807, 2.05) is 0 Å². The van der Waals surface area contributed by atoms with E-state index in [2.05, 4.69) is 10.6 Å². The summed E-state index contributed by atoms with van der Waals surface area (Å²) >= 11 is 0. The number of ether oxygens (including phenoxy) is 2. The number of alkyl halides is 6. The van der Waals surface area contributed by atoms with Crippen molar-refractivity contribution >= 4 is 11.8 Å². The van der Waals surface area contributed by atoms with Crippen LogP contribution in [0.15, 0.2) is 48.5 Å². The van der Waals surface area contributed by atoms with Gasteiger partial charge in [-0.3, -0.25) is 9.59 Å². The second-order valence-corrected chi connectivity index (χ2v) is 7.89. The lowest BCUT2D eigenvalue weighted by Gasteiger charge is -2.28. The largest absolute Gasteiger partial charge is 0.484 e. The highest BCUT2D eigenvalue weighted by Crippen LogP contribution is 2.30. The Kier molecular flexibility index (Phi) is 8.26. The summed E-state index contributed by atoms with van der Waals surface area (Å²) in [7, 11) is 0. The van der Waals surface area contributed by atoms with E-state index in [-0.39, 0.29) is 24.9 Å². The van der Waals surface area contributed by atoms with E-state index in [4.69, 9.17) is 9.47 Å². The lowest BCUT2D eigenvalue weighted by Crippen LogP contribution is -2.48. The number of rotatable bonds is 7. The third-order valence-corrected chi connectivity index (χ3v) is 5.23. The molecule has 1 aliphatic heterocycles. The van der Waals surface area contributed by atoms with Crippen LogP contribution >= 0.6 is 0 Å². The Bertz CT molecular complexity index is 999. The van der Waals surface area contributed by atoms with Gasteiger partial charge in [0, 0.05) is 6.54 Å². The molecule has 35 heavy (non-hydrogen) atoms. The van der Waals surface area contributed by atoms with Crippen molar-refractivity contribution in [2.24, 2.45) is 0 Å². The molecule has 2 aromatic rings. The number of nitrogens with one attached hydrogen (secondary N) is 2. The van der Waals surface area contributed by atoms with E-state index >= 15 is 0 Å². The third-order valence-electron chi connectivity index (χ3n) is 5.23. The Morgan fingerprint density at radius 3 is 1.97 bits per heavy atom. The van der Waals surface area contributed by atoms with Crippen molar-refractivity contribution in [3.63, 3.8) is 0 Å². The molecular formula is C23H22F6N2O4. The van der Waals surface area contributed by atoms with Crippen molar-refractivity contribution in [1.82, 2.24) is 10.6 Å². The number of hydrogen-bond acceptors (Lipinski definition) is 4. The minimum atomic E-state index is -4.46.